The largest absolute Gasteiger partial charge is 0.342 e. The third kappa shape index (κ3) is 7.30. The fraction of sp³-hybridized carbons (Fsp3) is 0.286. The lowest BCUT2D eigenvalue weighted by Gasteiger charge is -2.30. The number of piperidine rings is 1. The molecule has 2 aliphatic heterocycles. The molecule has 45 heavy (non-hydrogen) atoms. The van der Waals surface area contributed by atoms with Crippen LogP contribution < -0.4 is 16.4 Å². The number of imidazole rings is 1. The molecular formula is C35H39FN8O. The van der Waals surface area contributed by atoms with Crippen LogP contribution >= 0.6 is 0 Å². The molecule has 0 saturated carbocycles. The first-order valence-corrected chi connectivity index (χ1v) is 15.3. The van der Waals surface area contributed by atoms with Crippen molar-refractivity contribution in [3.63, 3.8) is 0 Å². The van der Waals surface area contributed by atoms with Gasteiger partial charge in [-0.05, 0) is 105 Å². The second kappa shape index (κ2) is 13.1. The number of hydrogen-bond acceptors (Lipinski definition) is 7. The summed E-state index contributed by atoms with van der Waals surface area (Å²) in [4.78, 5) is 27.2. The molecule has 3 heterocycles. The van der Waals surface area contributed by atoms with Crippen LogP contribution in [0.25, 0.3) is 11.4 Å². The number of aliphatic imine (C=N–C) groups is 1. The highest BCUT2D eigenvalue weighted by atomic mass is 19.1. The summed E-state index contributed by atoms with van der Waals surface area (Å²) in [5.41, 5.74) is 13.8. The number of guanidine groups is 1. The Bertz CT molecular complexity index is 1760. The normalized spacial score (nSPS) is 17.1. The molecule has 3 aromatic carbocycles. The summed E-state index contributed by atoms with van der Waals surface area (Å²) in [6.07, 6.45) is 7.90. The quantitative estimate of drug-likeness (QED) is 0.255. The number of rotatable bonds is 7. The summed E-state index contributed by atoms with van der Waals surface area (Å²) in [5, 5.41) is 6.54. The van der Waals surface area contributed by atoms with Crippen molar-refractivity contribution in [1.29, 1.82) is 0 Å². The molecule has 2 aliphatic rings. The van der Waals surface area contributed by atoms with Crippen LogP contribution in [0.3, 0.4) is 0 Å². The van der Waals surface area contributed by atoms with E-state index in [4.69, 9.17) is 10.7 Å². The Kier molecular flexibility index (Phi) is 8.77. The first-order chi connectivity index (χ1) is 21.7. The van der Waals surface area contributed by atoms with Gasteiger partial charge in [-0.3, -0.25) is 9.69 Å². The third-order valence-corrected chi connectivity index (χ3v) is 8.23. The highest BCUT2D eigenvalue weighted by Gasteiger charge is 2.19. The number of halogens is 1. The number of aryl methyl sites for hydroxylation is 2. The SMILES string of the molecule is Cc1cn(-c2cc(CN3CCC[C@H](N)C3)cc(NC(=O)c3ccc(C)c(NC4=NC(c5ccc(F)cc5)=CCN4C)c3)c2)cn1. The number of hydrogen-bond donors (Lipinski definition) is 3. The van der Waals surface area contributed by atoms with Crippen molar-refractivity contribution in [2.75, 3.05) is 37.3 Å². The van der Waals surface area contributed by atoms with E-state index in [0.717, 1.165) is 71.9 Å². The molecule has 0 spiro atoms. The van der Waals surface area contributed by atoms with E-state index in [1.54, 1.807) is 18.5 Å². The van der Waals surface area contributed by atoms with Crippen LogP contribution in [0.15, 0.2) is 84.3 Å². The van der Waals surface area contributed by atoms with Gasteiger partial charge in [0.05, 0.1) is 17.7 Å². The Balaban J connectivity index is 1.23. The lowest BCUT2D eigenvalue weighted by molar-refractivity contribution is 0.102. The second-order valence-corrected chi connectivity index (χ2v) is 12.0. The van der Waals surface area contributed by atoms with Crippen molar-refractivity contribution < 1.29 is 9.18 Å². The number of anilines is 2. The number of nitrogens with zero attached hydrogens (tertiary/aromatic N) is 5. The van der Waals surface area contributed by atoms with Crippen molar-refractivity contribution in [1.82, 2.24) is 19.4 Å². The number of nitrogens with two attached hydrogens (primary N) is 1. The number of nitrogens with one attached hydrogen (secondary N) is 2. The van der Waals surface area contributed by atoms with Crippen molar-refractivity contribution in [2.45, 2.75) is 39.3 Å². The summed E-state index contributed by atoms with van der Waals surface area (Å²) >= 11 is 0. The predicted octanol–water partition coefficient (Wildman–Crippen LogP) is 5.56. The van der Waals surface area contributed by atoms with Gasteiger partial charge in [0.25, 0.3) is 5.91 Å². The number of benzene rings is 3. The average Bonchev–Trinajstić information content (AvgIpc) is 3.46. The molecule has 4 N–H and O–H groups in total. The van der Waals surface area contributed by atoms with Crippen LogP contribution in [0.5, 0.6) is 0 Å². The summed E-state index contributed by atoms with van der Waals surface area (Å²) in [5.74, 6) is 0.142. The van der Waals surface area contributed by atoms with Crippen LogP contribution in [0.2, 0.25) is 0 Å². The lowest BCUT2D eigenvalue weighted by atomic mass is 10.0. The number of amides is 1. The first-order valence-electron chi connectivity index (χ1n) is 15.3. The van der Waals surface area contributed by atoms with Crippen molar-refractivity contribution in [3.05, 3.63) is 113 Å². The van der Waals surface area contributed by atoms with Crippen LogP contribution in [0.1, 0.15) is 45.6 Å². The smallest absolute Gasteiger partial charge is 0.255 e. The number of aromatic nitrogens is 2. The van der Waals surface area contributed by atoms with Crippen molar-refractivity contribution in [2.24, 2.45) is 10.7 Å². The van der Waals surface area contributed by atoms with E-state index in [1.807, 2.05) is 73.0 Å². The van der Waals surface area contributed by atoms with Gasteiger partial charge in [-0.25, -0.2) is 14.4 Å². The summed E-state index contributed by atoms with van der Waals surface area (Å²) in [6.45, 7) is 7.19. The van der Waals surface area contributed by atoms with Gasteiger partial charge in [0.1, 0.15) is 5.82 Å². The summed E-state index contributed by atoms with van der Waals surface area (Å²) in [6, 6.07) is 18.2. The Hall–Kier alpha value is -4.80. The highest BCUT2D eigenvalue weighted by molar-refractivity contribution is 6.06. The van der Waals surface area contributed by atoms with Crippen LogP contribution in [0.4, 0.5) is 15.8 Å². The maximum atomic E-state index is 13.6. The zero-order chi connectivity index (χ0) is 31.5. The average molecular weight is 607 g/mol. The molecule has 1 atom stereocenters. The fourth-order valence-corrected chi connectivity index (χ4v) is 5.75. The molecular weight excluding hydrogens is 567 g/mol. The Morgan fingerprint density at radius 2 is 1.91 bits per heavy atom. The summed E-state index contributed by atoms with van der Waals surface area (Å²) < 4.78 is 15.4. The van der Waals surface area contributed by atoms with E-state index < -0.39 is 0 Å². The molecule has 0 unspecified atom stereocenters. The molecule has 1 fully saturated rings. The Labute approximate surface area is 263 Å². The second-order valence-electron chi connectivity index (χ2n) is 12.0. The molecule has 1 aromatic heterocycles. The van der Waals surface area contributed by atoms with Crippen molar-refractivity contribution in [3.8, 4) is 5.69 Å². The third-order valence-electron chi connectivity index (χ3n) is 8.23. The van der Waals surface area contributed by atoms with E-state index in [2.05, 4.69) is 26.6 Å². The van der Waals surface area contributed by atoms with E-state index in [1.165, 1.54) is 12.1 Å². The van der Waals surface area contributed by atoms with Crippen molar-refractivity contribution >= 4 is 28.9 Å². The molecule has 1 saturated heterocycles. The Morgan fingerprint density at radius 1 is 1.09 bits per heavy atom. The number of likely N-dealkylation sites (N-methyl/N-ethyl adjacent to an activating group) is 1. The van der Waals surface area contributed by atoms with Gasteiger partial charge in [-0.15, -0.1) is 0 Å². The van der Waals surface area contributed by atoms with Gasteiger partial charge in [0, 0.05) is 67.1 Å². The zero-order valence-corrected chi connectivity index (χ0v) is 25.9. The highest BCUT2D eigenvalue weighted by Crippen LogP contribution is 2.25. The number of carbonyl (C=O) groups is 1. The molecule has 0 radical (unpaired) electrons. The molecule has 1 amide bonds. The number of likely N-dealkylation sites (tertiary alicyclic amines) is 1. The van der Waals surface area contributed by atoms with E-state index in [-0.39, 0.29) is 17.8 Å². The van der Waals surface area contributed by atoms with E-state index in [9.17, 15) is 9.18 Å². The molecule has 4 aromatic rings. The van der Waals surface area contributed by atoms with Gasteiger partial charge >= 0.3 is 0 Å². The van der Waals surface area contributed by atoms with Gasteiger partial charge in [0.15, 0.2) is 0 Å². The topological polar surface area (TPSA) is 104 Å². The van der Waals surface area contributed by atoms with Gasteiger partial charge in [0.2, 0.25) is 5.96 Å². The number of carbonyl (C=O) groups excluding carboxylic acids is 1. The fourth-order valence-electron chi connectivity index (χ4n) is 5.75. The van der Waals surface area contributed by atoms with Gasteiger partial charge in [-0.1, -0.05) is 6.07 Å². The maximum absolute atomic E-state index is 13.6. The predicted molar refractivity (Wildman–Crippen MR) is 178 cm³/mol. The monoisotopic (exact) mass is 606 g/mol. The minimum absolute atomic E-state index is 0.187. The first kappa shape index (κ1) is 30.2. The lowest BCUT2D eigenvalue weighted by Crippen LogP contribution is -2.42. The maximum Gasteiger partial charge on any atom is 0.255 e. The van der Waals surface area contributed by atoms with Gasteiger partial charge in [-0.2, -0.15) is 0 Å². The zero-order valence-electron chi connectivity index (χ0n) is 25.9. The van der Waals surface area contributed by atoms with E-state index in [0.29, 0.717) is 23.8 Å². The molecule has 10 heteroatoms. The van der Waals surface area contributed by atoms with Crippen LogP contribution in [-0.4, -0.2) is 63.9 Å². The molecule has 0 aliphatic carbocycles. The minimum Gasteiger partial charge on any atom is -0.342 e. The van der Waals surface area contributed by atoms with Crippen LogP contribution in [-0.2, 0) is 6.54 Å². The summed E-state index contributed by atoms with van der Waals surface area (Å²) in [7, 11) is 1.94. The molecule has 232 valence electrons. The minimum atomic E-state index is -0.285. The molecule has 9 nitrogen and oxygen atoms in total. The molecule has 6 rings (SSSR count). The molecule has 0 bridgehead atoms. The Morgan fingerprint density at radius 3 is 2.67 bits per heavy atom. The standard InChI is InChI=1S/C35H39FN8O/c1-23-6-7-27(17-33(23)41-35-40-32(12-14-42(35)3)26-8-10-28(36)11-9-26)34(45)39-30-15-25(20-43-13-4-5-29(37)21-43)16-31(18-30)44-19-24(2)38-22-44/h6-12,15-19,22,29H,4-5,13-14,20-21,37H2,1-3H3,(H,39,45)(H,40,41)/t29-/m0/s1. The van der Waals surface area contributed by atoms with Crippen LogP contribution in [0, 0.1) is 19.7 Å². The van der Waals surface area contributed by atoms with Gasteiger partial charge < -0.3 is 25.8 Å². The van der Waals surface area contributed by atoms with E-state index >= 15 is 0 Å².